The van der Waals surface area contributed by atoms with Crippen LogP contribution >= 0.6 is 23.6 Å². The van der Waals surface area contributed by atoms with E-state index in [0.717, 1.165) is 45.4 Å². The Labute approximate surface area is 346 Å². The third kappa shape index (κ3) is 13.9. The second-order valence-electron chi connectivity index (χ2n) is 12.2. The van der Waals surface area contributed by atoms with Gasteiger partial charge in [0.15, 0.2) is 0 Å². The van der Waals surface area contributed by atoms with Crippen LogP contribution in [0.15, 0.2) is 85.3 Å². The molecule has 0 aromatic carbocycles. The van der Waals surface area contributed by atoms with Crippen LogP contribution in [0, 0.1) is 13.8 Å². The van der Waals surface area contributed by atoms with Crippen molar-refractivity contribution in [2.45, 2.75) is 59.1 Å². The SMILES string of the molecule is CCCCCCc1ccc(/C=C/c2ccnc(-c3cc(C(F)(F)F)n[n-]3)c2)s1.COC(=O)c1ccnc(-c2cc(C)cc(-c3cc(C)ccn3)n2)c1.[N-]=C=S.[Ru+2]. The quantitative estimate of drug-likeness (QED) is 0.0411. The van der Waals surface area contributed by atoms with E-state index in [4.69, 9.17) is 10.1 Å². The summed E-state index contributed by atoms with van der Waals surface area (Å²) < 4.78 is 42.8. The topological polar surface area (TPSA) is 127 Å². The number of isothiocyanates is 1. The molecule has 9 nitrogen and oxygen atoms in total. The Morgan fingerprint density at radius 1 is 0.857 bits per heavy atom. The maximum atomic E-state index is 12.7. The number of hydrogen-bond donors (Lipinski definition) is 0. The molecule has 0 amide bonds. The molecule has 290 valence electrons. The zero-order valence-electron chi connectivity index (χ0n) is 31.0. The minimum atomic E-state index is -4.50. The van der Waals surface area contributed by atoms with Gasteiger partial charge in [-0.25, -0.2) is 9.78 Å². The number of pyridine rings is 4. The fraction of sp³-hybridized carbons (Fsp3) is 0.244. The first kappa shape index (κ1) is 45.3. The molecule has 6 aromatic rings. The average molecular weight is 883 g/mol. The van der Waals surface area contributed by atoms with Gasteiger partial charge in [-0.3, -0.25) is 15.0 Å². The monoisotopic (exact) mass is 883 g/mol. The third-order valence-corrected chi connectivity index (χ3v) is 8.98. The number of unbranched alkanes of at least 4 members (excludes halogenated alkanes) is 3. The Morgan fingerprint density at radius 3 is 2.14 bits per heavy atom. The van der Waals surface area contributed by atoms with Crippen molar-refractivity contribution in [2.24, 2.45) is 0 Å². The molecular weight excluding hydrogens is 845 g/mol. The summed E-state index contributed by atoms with van der Waals surface area (Å²) in [6.07, 6.45) is 10.4. The summed E-state index contributed by atoms with van der Waals surface area (Å²) in [5.41, 5.74) is 5.84. The number of aryl methyl sites for hydroxylation is 3. The molecule has 0 radical (unpaired) electrons. The molecule has 6 aromatic heterocycles. The molecule has 6 rings (SSSR count). The van der Waals surface area contributed by atoms with Gasteiger partial charge in [0.1, 0.15) is 5.69 Å². The van der Waals surface area contributed by atoms with Crippen LogP contribution in [0.4, 0.5) is 13.2 Å². The number of ether oxygens (including phenoxy) is 1. The number of esters is 1. The summed E-state index contributed by atoms with van der Waals surface area (Å²) in [6, 6.07) is 19.8. The van der Waals surface area contributed by atoms with Crippen molar-refractivity contribution in [3.05, 3.63) is 128 Å². The predicted molar refractivity (Wildman–Crippen MR) is 214 cm³/mol. The van der Waals surface area contributed by atoms with Crippen molar-refractivity contribution in [2.75, 3.05) is 7.11 Å². The maximum absolute atomic E-state index is 12.7. The largest absolute Gasteiger partial charge is 2.00 e. The number of alkyl halides is 3. The van der Waals surface area contributed by atoms with Crippen LogP contribution in [0.5, 0.6) is 0 Å². The molecule has 0 atom stereocenters. The Kier molecular flexibility index (Phi) is 18.2. The number of rotatable bonds is 11. The minimum absolute atomic E-state index is 0. The van der Waals surface area contributed by atoms with E-state index in [0.29, 0.717) is 22.6 Å². The third-order valence-electron chi connectivity index (χ3n) is 7.87. The number of nitrogens with zero attached hydrogens (tertiary/aromatic N) is 7. The number of methoxy groups -OCH3 is 1. The molecule has 0 saturated carbocycles. The average Bonchev–Trinajstić information content (AvgIpc) is 3.87. The van der Waals surface area contributed by atoms with Gasteiger partial charge >= 0.3 is 31.6 Å². The molecule has 0 fully saturated rings. The van der Waals surface area contributed by atoms with E-state index in [2.05, 4.69) is 61.4 Å². The Balaban J connectivity index is 0.000000279. The Morgan fingerprint density at radius 2 is 1.50 bits per heavy atom. The predicted octanol–water partition coefficient (Wildman–Crippen LogP) is 10.7. The number of hydrogen-bond acceptors (Lipinski definition) is 9. The van der Waals surface area contributed by atoms with Crippen molar-refractivity contribution < 1.29 is 42.2 Å². The summed E-state index contributed by atoms with van der Waals surface area (Å²) in [6.45, 7) is 6.22. The van der Waals surface area contributed by atoms with Gasteiger partial charge in [-0.05, 0) is 116 Å². The molecule has 6 heterocycles. The smallest absolute Gasteiger partial charge is 0.753 e. The van der Waals surface area contributed by atoms with Crippen LogP contribution in [-0.4, -0.2) is 43.3 Å². The van der Waals surface area contributed by atoms with E-state index < -0.39 is 17.8 Å². The van der Waals surface area contributed by atoms with E-state index in [9.17, 15) is 18.0 Å². The summed E-state index contributed by atoms with van der Waals surface area (Å²) in [5, 5.41) is 15.3. The van der Waals surface area contributed by atoms with Crippen molar-refractivity contribution in [3.63, 3.8) is 0 Å². The fourth-order valence-electron chi connectivity index (χ4n) is 5.19. The summed E-state index contributed by atoms with van der Waals surface area (Å²) in [5.74, 6) is -0.396. The van der Waals surface area contributed by atoms with Crippen molar-refractivity contribution in [1.82, 2.24) is 30.1 Å². The molecular formula is C41H38F3N7O2RuS2. The van der Waals surface area contributed by atoms with Crippen LogP contribution in [0.25, 0.3) is 51.7 Å². The Hall–Kier alpha value is -5.07. The van der Waals surface area contributed by atoms with Crippen molar-refractivity contribution >= 4 is 46.8 Å². The van der Waals surface area contributed by atoms with Gasteiger partial charge in [0.25, 0.3) is 0 Å². The number of aromatic nitrogens is 6. The molecule has 0 aliphatic rings. The minimum Gasteiger partial charge on any atom is -0.753 e. The van der Waals surface area contributed by atoms with Crippen molar-refractivity contribution in [3.8, 4) is 34.2 Å². The summed E-state index contributed by atoms with van der Waals surface area (Å²) in [4.78, 5) is 31.7. The van der Waals surface area contributed by atoms with E-state index in [1.165, 1.54) is 42.8 Å². The first-order valence-electron chi connectivity index (χ1n) is 17.2. The van der Waals surface area contributed by atoms with Gasteiger partial charge in [0, 0.05) is 34.0 Å². The second-order valence-corrected chi connectivity index (χ2v) is 13.6. The van der Waals surface area contributed by atoms with E-state index in [1.54, 1.807) is 54.2 Å². The standard InChI is InChI=1S/C21H21F3N3S.C19H17N3O2.CNS.Ru/c1-2-3-4-5-6-16-9-10-17(28-16)8-7-15-11-12-25-18(13-15)19-14-20(27-26-19)21(22,23)24;1-12-4-6-20-15(8-12)17-9-13(2)10-18(22-17)16-11-14(5-7-21-16)19(23)24-3;2-1-3;/h7-14H,2-6H2,1H3;4-11H,1-3H3;;/q-1;;-1;+2/b8-7+;;;. The molecule has 0 spiro atoms. The van der Waals surface area contributed by atoms with E-state index in [1.807, 2.05) is 50.3 Å². The molecule has 0 aliphatic carbocycles. The normalized spacial score (nSPS) is 10.7. The molecule has 0 saturated heterocycles. The fourth-order valence-corrected chi connectivity index (χ4v) is 6.15. The van der Waals surface area contributed by atoms with Crippen LogP contribution in [-0.2, 0) is 36.8 Å². The Bertz CT molecular complexity index is 2250. The summed E-state index contributed by atoms with van der Waals surface area (Å²) >= 11 is 5.47. The van der Waals surface area contributed by atoms with Gasteiger partial charge in [-0.1, -0.05) is 50.2 Å². The molecule has 0 aliphatic heterocycles. The number of thiophene rings is 1. The van der Waals surface area contributed by atoms with Crippen LogP contribution in [0.1, 0.15) is 75.1 Å². The van der Waals surface area contributed by atoms with Crippen LogP contribution in [0.2, 0.25) is 0 Å². The molecule has 0 unspecified atom stereocenters. The van der Waals surface area contributed by atoms with Crippen LogP contribution < -0.4 is 5.10 Å². The van der Waals surface area contributed by atoms with Gasteiger partial charge in [-0.2, -0.15) is 18.3 Å². The number of carbonyl (C=O) groups excluding carboxylic acids is 1. The van der Waals surface area contributed by atoms with Gasteiger partial charge in [-0.15, -0.1) is 11.3 Å². The van der Waals surface area contributed by atoms with Crippen LogP contribution in [0.3, 0.4) is 0 Å². The number of carbonyl (C=O) groups is 1. The van der Waals surface area contributed by atoms with Crippen molar-refractivity contribution in [1.29, 1.82) is 0 Å². The van der Waals surface area contributed by atoms with Gasteiger partial charge in [0.2, 0.25) is 0 Å². The first-order valence-corrected chi connectivity index (χ1v) is 18.4. The first-order chi connectivity index (χ1) is 26.4. The molecule has 0 N–H and O–H groups in total. The zero-order valence-corrected chi connectivity index (χ0v) is 34.4. The number of thiocarbonyl (C=S) groups is 1. The molecule has 56 heavy (non-hydrogen) atoms. The van der Waals surface area contributed by atoms with Gasteiger partial charge in [0.05, 0.1) is 35.4 Å². The van der Waals surface area contributed by atoms with E-state index in [-0.39, 0.29) is 25.2 Å². The maximum Gasteiger partial charge on any atom is 2.00 e. The number of halogens is 3. The molecule has 0 bridgehead atoms. The van der Waals surface area contributed by atoms with Gasteiger partial charge < -0.3 is 20.3 Å². The second kappa shape index (κ2) is 22.5. The molecule has 15 heteroatoms. The van der Waals surface area contributed by atoms with E-state index >= 15 is 0 Å². The summed E-state index contributed by atoms with van der Waals surface area (Å²) in [7, 11) is 1.36. The zero-order chi connectivity index (χ0) is 39.8.